The third-order valence-corrected chi connectivity index (χ3v) is 3.06. The Hall–Kier alpha value is -1.43. The zero-order valence-electron chi connectivity index (χ0n) is 7.82. The number of aryl methyl sites for hydroxylation is 1. The van der Waals surface area contributed by atoms with Gasteiger partial charge in [-0.15, -0.1) is 16.4 Å². The Morgan fingerprint density at radius 3 is 2.93 bits per heavy atom. The number of H-pyrrole nitrogens is 1. The molecular weight excluding hydrogens is 198 g/mol. The fourth-order valence-corrected chi connectivity index (χ4v) is 2.01. The van der Waals surface area contributed by atoms with E-state index in [0.717, 1.165) is 13.0 Å². The van der Waals surface area contributed by atoms with E-state index >= 15 is 0 Å². The molecule has 0 saturated heterocycles. The lowest BCUT2D eigenvalue weighted by Crippen LogP contribution is -1.98. The fourth-order valence-electron chi connectivity index (χ4n) is 1.11. The van der Waals surface area contributed by atoms with Crippen molar-refractivity contribution in [3.63, 3.8) is 0 Å². The highest BCUT2D eigenvalue weighted by atomic mass is 32.1. The van der Waals surface area contributed by atoms with Crippen LogP contribution >= 0.6 is 11.3 Å². The Balaban J connectivity index is 1.92. The first-order chi connectivity index (χ1) is 6.88. The van der Waals surface area contributed by atoms with Crippen LogP contribution in [0.15, 0.2) is 12.1 Å². The van der Waals surface area contributed by atoms with Gasteiger partial charge >= 0.3 is 0 Å². The number of nitrogens with one attached hydrogen (secondary N) is 2. The largest absolute Gasteiger partial charge is 0.347 e. The first-order valence-corrected chi connectivity index (χ1v) is 5.25. The number of hydrogen-bond acceptors (Lipinski definition) is 5. The molecule has 74 valence electrons. The van der Waals surface area contributed by atoms with Crippen molar-refractivity contribution in [2.75, 3.05) is 5.32 Å². The average Bonchev–Trinajstić information content (AvgIpc) is 2.86. The fraction of sp³-hybridized carbons (Fsp3) is 0.375. The highest BCUT2D eigenvalue weighted by Gasteiger charge is 2.00. The number of aromatic amines is 1. The molecule has 0 aliphatic heterocycles. The SMILES string of the molecule is CCc1ccc(CNc2nn[nH]n2)s1. The summed E-state index contributed by atoms with van der Waals surface area (Å²) < 4.78 is 0. The average molecular weight is 209 g/mol. The smallest absolute Gasteiger partial charge is 0.263 e. The highest BCUT2D eigenvalue weighted by molar-refractivity contribution is 7.12. The molecule has 0 aromatic carbocycles. The molecule has 5 nitrogen and oxygen atoms in total. The summed E-state index contributed by atoms with van der Waals surface area (Å²) in [6.45, 7) is 2.91. The van der Waals surface area contributed by atoms with E-state index in [1.54, 1.807) is 11.3 Å². The zero-order valence-corrected chi connectivity index (χ0v) is 8.64. The van der Waals surface area contributed by atoms with Crippen molar-refractivity contribution in [3.05, 3.63) is 21.9 Å². The van der Waals surface area contributed by atoms with Crippen molar-refractivity contribution in [2.45, 2.75) is 19.9 Å². The van der Waals surface area contributed by atoms with Gasteiger partial charge in [-0.3, -0.25) is 0 Å². The molecule has 2 rings (SSSR count). The molecule has 6 heteroatoms. The minimum Gasteiger partial charge on any atom is -0.347 e. The van der Waals surface area contributed by atoms with E-state index in [0.29, 0.717) is 5.95 Å². The van der Waals surface area contributed by atoms with Gasteiger partial charge in [0.15, 0.2) is 0 Å². The van der Waals surface area contributed by atoms with Crippen molar-refractivity contribution < 1.29 is 0 Å². The molecule has 0 fully saturated rings. The van der Waals surface area contributed by atoms with Gasteiger partial charge in [-0.05, 0) is 23.8 Å². The van der Waals surface area contributed by atoms with E-state index in [1.165, 1.54) is 9.75 Å². The lowest BCUT2D eigenvalue weighted by Gasteiger charge is -1.96. The number of hydrogen-bond donors (Lipinski definition) is 2. The molecule has 0 unspecified atom stereocenters. The second kappa shape index (κ2) is 4.19. The number of thiophene rings is 1. The number of anilines is 1. The predicted octanol–water partition coefficient (Wildman–Crippen LogP) is 1.44. The lowest BCUT2D eigenvalue weighted by atomic mass is 10.4. The molecule has 0 saturated carbocycles. The van der Waals surface area contributed by atoms with Gasteiger partial charge in [-0.2, -0.15) is 5.21 Å². The number of aromatic nitrogens is 4. The van der Waals surface area contributed by atoms with Crippen molar-refractivity contribution in [1.29, 1.82) is 0 Å². The summed E-state index contributed by atoms with van der Waals surface area (Å²) in [6, 6.07) is 4.27. The summed E-state index contributed by atoms with van der Waals surface area (Å²) >= 11 is 1.81. The van der Waals surface area contributed by atoms with Crippen LogP contribution in [-0.4, -0.2) is 20.6 Å². The monoisotopic (exact) mass is 209 g/mol. The molecule has 0 bridgehead atoms. The Bertz CT molecular complexity index is 380. The Morgan fingerprint density at radius 1 is 1.43 bits per heavy atom. The van der Waals surface area contributed by atoms with E-state index < -0.39 is 0 Å². The first-order valence-electron chi connectivity index (χ1n) is 4.43. The summed E-state index contributed by atoms with van der Waals surface area (Å²) in [5.74, 6) is 0.538. The van der Waals surface area contributed by atoms with Crippen LogP contribution in [-0.2, 0) is 13.0 Å². The van der Waals surface area contributed by atoms with Gasteiger partial charge in [0.25, 0.3) is 5.95 Å². The molecule has 14 heavy (non-hydrogen) atoms. The molecule has 2 N–H and O–H groups in total. The minimum atomic E-state index is 0.538. The van der Waals surface area contributed by atoms with Gasteiger partial charge in [-0.25, -0.2) is 0 Å². The molecule has 0 spiro atoms. The topological polar surface area (TPSA) is 66.5 Å². The van der Waals surface area contributed by atoms with E-state index in [4.69, 9.17) is 0 Å². The van der Waals surface area contributed by atoms with E-state index in [9.17, 15) is 0 Å². The summed E-state index contributed by atoms with van der Waals surface area (Å²) in [5, 5.41) is 16.5. The van der Waals surface area contributed by atoms with Crippen LogP contribution in [0, 0.1) is 0 Å². The van der Waals surface area contributed by atoms with Crippen molar-refractivity contribution in [1.82, 2.24) is 20.6 Å². The maximum Gasteiger partial charge on any atom is 0.263 e. The second-order valence-corrected chi connectivity index (χ2v) is 4.06. The van der Waals surface area contributed by atoms with Crippen LogP contribution in [0.25, 0.3) is 0 Å². The van der Waals surface area contributed by atoms with E-state index in [2.05, 4.69) is 45.0 Å². The first kappa shape index (κ1) is 9.14. The summed E-state index contributed by atoms with van der Waals surface area (Å²) in [6.07, 6.45) is 1.09. The second-order valence-electron chi connectivity index (χ2n) is 2.81. The molecule has 0 radical (unpaired) electrons. The summed E-state index contributed by atoms with van der Waals surface area (Å²) in [4.78, 5) is 2.68. The normalized spacial score (nSPS) is 10.4. The minimum absolute atomic E-state index is 0.538. The standard InChI is InChI=1S/C8H11N5S/c1-2-6-3-4-7(14-6)5-9-8-10-12-13-11-8/h3-4H,2,5H2,1H3,(H2,9,10,11,12,13). The lowest BCUT2D eigenvalue weighted by molar-refractivity contribution is 0.881. The van der Waals surface area contributed by atoms with Crippen LogP contribution in [0.2, 0.25) is 0 Å². The summed E-state index contributed by atoms with van der Waals surface area (Å²) in [7, 11) is 0. The maximum absolute atomic E-state index is 3.80. The van der Waals surface area contributed by atoms with Gasteiger partial charge < -0.3 is 5.32 Å². The van der Waals surface area contributed by atoms with Crippen LogP contribution < -0.4 is 5.32 Å². The van der Waals surface area contributed by atoms with E-state index in [1.807, 2.05) is 0 Å². The third-order valence-electron chi connectivity index (χ3n) is 1.83. The van der Waals surface area contributed by atoms with Gasteiger partial charge in [0.2, 0.25) is 0 Å². The van der Waals surface area contributed by atoms with Crippen molar-refractivity contribution in [2.24, 2.45) is 0 Å². The van der Waals surface area contributed by atoms with Crippen LogP contribution in [0.3, 0.4) is 0 Å². The van der Waals surface area contributed by atoms with Crippen molar-refractivity contribution in [3.8, 4) is 0 Å². The molecular formula is C8H11N5S. The van der Waals surface area contributed by atoms with Crippen molar-refractivity contribution >= 4 is 17.3 Å². The van der Waals surface area contributed by atoms with E-state index in [-0.39, 0.29) is 0 Å². The van der Waals surface area contributed by atoms with Gasteiger partial charge in [0.1, 0.15) is 0 Å². The highest BCUT2D eigenvalue weighted by Crippen LogP contribution is 2.17. The Labute approximate surface area is 85.5 Å². The van der Waals surface area contributed by atoms with Crippen LogP contribution in [0.5, 0.6) is 0 Å². The molecule has 0 amide bonds. The quantitative estimate of drug-likeness (QED) is 0.799. The molecule has 2 heterocycles. The van der Waals surface area contributed by atoms with Gasteiger partial charge in [-0.1, -0.05) is 12.0 Å². The number of rotatable bonds is 4. The van der Waals surface area contributed by atoms with Crippen LogP contribution in [0.4, 0.5) is 5.95 Å². The van der Waals surface area contributed by atoms with Gasteiger partial charge in [0, 0.05) is 9.75 Å². The maximum atomic E-state index is 3.80. The Morgan fingerprint density at radius 2 is 2.29 bits per heavy atom. The van der Waals surface area contributed by atoms with Crippen LogP contribution in [0.1, 0.15) is 16.7 Å². The number of nitrogens with zero attached hydrogens (tertiary/aromatic N) is 3. The third kappa shape index (κ3) is 2.08. The molecule has 2 aromatic heterocycles. The molecule has 2 aromatic rings. The Kier molecular flexibility index (Phi) is 2.73. The summed E-state index contributed by atoms with van der Waals surface area (Å²) in [5.41, 5.74) is 0. The molecule has 0 aliphatic rings. The van der Waals surface area contributed by atoms with Gasteiger partial charge in [0.05, 0.1) is 6.54 Å². The molecule has 0 aliphatic carbocycles. The zero-order chi connectivity index (χ0) is 9.80. The predicted molar refractivity (Wildman–Crippen MR) is 55.2 cm³/mol. The molecule has 0 atom stereocenters. The number of tetrazole rings is 1.